The summed E-state index contributed by atoms with van der Waals surface area (Å²) in [6, 6.07) is 1.14. The Balaban J connectivity index is 1.95. The number of benzene rings is 1. The van der Waals surface area contributed by atoms with Crippen molar-refractivity contribution in [1.29, 1.82) is 0 Å². The van der Waals surface area contributed by atoms with Crippen LogP contribution >= 0.6 is 11.6 Å². The first-order valence-corrected chi connectivity index (χ1v) is 12.7. The van der Waals surface area contributed by atoms with E-state index in [0.717, 1.165) is 31.7 Å². The highest BCUT2D eigenvalue weighted by Crippen LogP contribution is 2.34. The first-order valence-electron chi connectivity index (χ1n) is 12.3. The van der Waals surface area contributed by atoms with E-state index >= 15 is 0 Å². The molecule has 2 aliphatic rings. The molecule has 1 amide bonds. The predicted molar refractivity (Wildman–Crippen MR) is 138 cm³/mol. The van der Waals surface area contributed by atoms with Crippen LogP contribution in [0.2, 0.25) is 5.02 Å². The average molecular weight is 517 g/mol. The summed E-state index contributed by atoms with van der Waals surface area (Å²) >= 11 is 6.40. The highest BCUT2D eigenvalue weighted by molar-refractivity contribution is 6.34. The maximum atomic E-state index is 13.1. The highest BCUT2D eigenvalue weighted by Gasteiger charge is 2.25. The molecule has 0 aromatic heterocycles. The summed E-state index contributed by atoms with van der Waals surface area (Å²) in [5.74, 6) is -0.957. The molecule has 2 heterocycles. The van der Waals surface area contributed by atoms with Gasteiger partial charge in [0.1, 0.15) is 11.9 Å². The number of likely N-dealkylation sites (tertiary alicyclic amines) is 1. The molecule has 1 fully saturated rings. The number of phenolic OH excluding ortho intramolecular Hbond substituents is 1. The minimum absolute atomic E-state index is 0.0223. The average Bonchev–Trinajstić information content (AvgIpc) is 2.86. The van der Waals surface area contributed by atoms with Gasteiger partial charge in [0.15, 0.2) is 12.9 Å². The van der Waals surface area contributed by atoms with Gasteiger partial charge in [0.05, 0.1) is 16.3 Å². The van der Waals surface area contributed by atoms with Crippen molar-refractivity contribution in [3.63, 3.8) is 0 Å². The zero-order chi connectivity index (χ0) is 26.1. The number of aldehydes is 1. The fourth-order valence-corrected chi connectivity index (χ4v) is 4.43. The van der Waals surface area contributed by atoms with Gasteiger partial charge in [0.2, 0.25) is 0 Å². The maximum Gasteiger partial charge on any atom is 0.339 e. The number of fused-ring (bicyclic) bond motifs is 1. The number of halogens is 1. The van der Waals surface area contributed by atoms with Gasteiger partial charge in [0, 0.05) is 31.5 Å². The summed E-state index contributed by atoms with van der Waals surface area (Å²) in [6.45, 7) is 5.04. The molecule has 1 aromatic carbocycles. The lowest BCUT2D eigenvalue weighted by atomic mass is 9.96. The Morgan fingerprint density at radius 3 is 2.72 bits per heavy atom. The Kier molecular flexibility index (Phi) is 10.1. The Hall–Kier alpha value is -3.13. The van der Waals surface area contributed by atoms with Crippen molar-refractivity contribution in [1.82, 2.24) is 4.90 Å². The van der Waals surface area contributed by atoms with Gasteiger partial charge >= 0.3 is 5.97 Å². The molecule has 0 saturated carbocycles. The Morgan fingerprint density at radius 1 is 1.25 bits per heavy atom. The van der Waals surface area contributed by atoms with Crippen LogP contribution in [0, 0.1) is 5.92 Å². The largest absolute Gasteiger partial charge is 0.506 e. The van der Waals surface area contributed by atoms with Crippen LogP contribution in [-0.2, 0) is 20.8 Å². The van der Waals surface area contributed by atoms with E-state index in [2.05, 4.69) is 12.1 Å². The van der Waals surface area contributed by atoms with Crippen LogP contribution in [0.5, 0.6) is 5.75 Å². The molecule has 2 aliphatic heterocycles. The second-order valence-electron chi connectivity index (χ2n) is 9.24. The van der Waals surface area contributed by atoms with Gasteiger partial charge in [-0.1, -0.05) is 41.9 Å². The fraction of sp³-hybridized carbons (Fsp3) is 0.481. The summed E-state index contributed by atoms with van der Waals surface area (Å²) in [7, 11) is 0. The van der Waals surface area contributed by atoms with Crippen molar-refractivity contribution in [2.24, 2.45) is 11.1 Å². The van der Waals surface area contributed by atoms with E-state index in [0.29, 0.717) is 31.5 Å². The minimum atomic E-state index is -0.718. The monoisotopic (exact) mass is 516 g/mol. The van der Waals surface area contributed by atoms with Crippen LogP contribution in [0.15, 0.2) is 35.5 Å². The molecule has 1 aromatic rings. The van der Waals surface area contributed by atoms with Crippen LogP contribution in [0.25, 0.3) is 0 Å². The number of esters is 1. The number of carbonyl (C=O) groups is 3. The number of phenols is 1. The number of rotatable bonds is 4. The van der Waals surface area contributed by atoms with E-state index in [1.807, 2.05) is 18.2 Å². The second kappa shape index (κ2) is 13.3. The van der Waals surface area contributed by atoms with Crippen molar-refractivity contribution in [3.8, 4) is 5.75 Å². The number of nitrogens with zero attached hydrogens (tertiary/aromatic N) is 2. The number of carbonyl (C=O) groups excluding carboxylic acids is 3. The first-order chi connectivity index (χ1) is 17.3. The number of ether oxygens (including phenoxy) is 1. The van der Waals surface area contributed by atoms with Crippen molar-refractivity contribution in [3.05, 3.63) is 52.1 Å². The Morgan fingerprint density at radius 2 is 2.00 bits per heavy atom. The molecule has 0 bridgehead atoms. The SMILES string of the molecule is CC1/C=C/C[C@@H](C)OC(=O)c2c(C=O)cc(O)c(Cl)c2CC(=N/OCC(=O)N2CCCCC2)/C=C/C1. The summed E-state index contributed by atoms with van der Waals surface area (Å²) in [6.07, 6.45) is 12.0. The molecule has 2 atom stereocenters. The summed E-state index contributed by atoms with van der Waals surface area (Å²) in [5.41, 5.74) is 0.511. The third-order valence-corrected chi connectivity index (χ3v) is 6.62. The zero-order valence-electron chi connectivity index (χ0n) is 20.7. The smallest absolute Gasteiger partial charge is 0.339 e. The Labute approximate surface area is 216 Å². The quantitative estimate of drug-likeness (QED) is 0.265. The number of amides is 1. The van der Waals surface area contributed by atoms with Gasteiger partial charge < -0.3 is 19.6 Å². The molecule has 1 unspecified atom stereocenters. The maximum absolute atomic E-state index is 13.1. The predicted octanol–water partition coefficient (Wildman–Crippen LogP) is 4.87. The van der Waals surface area contributed by atoms with Crippen molar-refractivity contribution >= 4 is 35.5 Å². The van der Waals surface area contributed by atoms with Crippen molar-refractivity contribution in [2.45, 2.75) is 58.5 Å². The first kappa shape index (κ1) is 27.5. The molecule has 36 heavy (non-hydrogen) atoms. The standard InChI is InChI=1S/C27H33ClN2O6/c1-18-8-6-10-19(2)36-27(34)25-20(16-31)14-23(32)26(28)22(25)15-21(11-7-9-18)29-35-17-24(33)30-12-4-3-5-13-30/h6-8,11,14,16,18-19,32H,3-5,9-10,12-13,15,17H2,1-2H3/b8-6+,11-7+,29-21+/t18?,19-/m1/s1. The molecule has 1 N–H and O–H groups in total. The molecule has 194 valence electrons. The number of allylic oxidation sites excluding steroid dienone is 3. The number of aromatic hydroxyl groups is 1. The third kappa shape index (κ3) is 7.43. The molecule has 0 spiro atoms. The highest BCUT2D eigenvalue weighted by atomic mass is 35.5. The molecular formula is C27H33ClN2O6. The molecule has 0 aliphatic carbocycles. The van der Waals surface area contributed by atoms with E-state index in [1.165, 1.54) is 0 Å². The normalized spacial score (nSPS) is 24.2. The summed E-state index contributed by atoms with van der Waals surface area (Å²) < 4.78 is 5.58. The van der Waals surface area contributed by atoms with Crippen LogP contribution in [0.1, 0.15) is 72.2 Å². The van der Waals surface area contributed by atoms with Crippen LogP contribution in [-0.4, -0.2) is 59.7 Å². The van der Waals surface area contributed by atoms with E-state index in [1.54, 1.807) is 17.9 Å². The topological polar surface area (TPSA) is 106 Å². The van der Waals surface area contributed by atoms with E-state index in [9.17, 15) is 19.5 Å². The van der Waals surface area contributed by atoms with Crippen LogP contribution in [0.4, 0.5) is 0 Å². The molecule has 0 radical (unpaired) electrons. The van der Waals surface area contributed by atoms with Gasteiger partial charge in [-0.05, 0) is 56.2 Å². The van der Waals surface area contributed by atoms with Gasteiger partial charge in [-0.25, -0.2) is 4.79 Å². The fourth-order valence-electron chi connectivity index (χ4n) is 4.22. The second-order valence-corrected chi connectivity index (χ2v) is 9.62. The van der Waals surface area contributed by atoms with Gasteiger partial charge in [-0.15, -0.1) is 0 Å². The Bertz CT molecular complexity index is 1060. The number of piperidine rings is 1. The van der Waals surface area contributed by atoms with E-state index in [4.69, 9.17) is 21.2 Å². The molecule has 1 saturated heterocycles. The lowest BCUT2D eigenvalue weighted by Crippen LogP contribution is -2.37. The van der Waals surface area contributed by atoms with Crippen LogP contribution < -0.4 is 0 Å². The number of hydrogen-bond donors (Lipinski definition) is 1. The van der Waals surface area contributed by atoms with E-state index < -0.39 is 12.1 Å². The van der Waals surface area contributed by atoms with Crippen molar-refractivity contribution in [2.75, 3.05) is 19.7 Å². The van der Waals surface area contributed by atoms with Gasteiger partial charge in [-0.3, -0.25) is 9.59 Å². The minimum Gasteiger partial charge on any atom is -0.506 e. The third-order valence-electron chi connectivity index (χ3n) is 6.20. The number of oxime groups is 1. The summed E-state index contributed by atoms with van der Waals surface area (Å²) in [4.78, 5) is 44.5. The lowest BCUT2D eigenvalue weighted by molar-refractivity contribution is -0.137. The summed E-state index contributed by atoms with van der Waals surface area (Å²) in [5, 5.41) is 14.4. The molecule has 3 rings (SSSR count). The van der Waals surface area contributed by atoms with Gasteiger partial charge in [0.25, 0.3) is 5.91 Å². The van der Waals surface area contributed by atoms with Crippen LogP contribution in [0.3, 0.4) is 0 Å². The molecule has 9 heteroatoms. The van der Waals surface area contributed by atoms with E-state index in [-0.39, 0.29) is 52.3 Å². The zero-order valence-corrected chi connectivity index (χ0v) is 21.5. The van der Waals surface area contributed by atoms with Gasteiger partial charge in [-0.2, -0.15) is 0 Å². The number of hydrogen-bond acceptors (Lipinski definition) is 7. The van der Waals surface area contributed by atoms with Crippen molar-refractivity contribution < 1.29 is 29.1 Å². The molecule has 8 nitrogen and oxygen atoms in total. The molecular weight excluding hydrogens is 484 g/mol. The number of cyclic esters (lactones) is 1. The lowest BCUT2D eigenvalue weighted by Gasteiger charge is -2.26.